The van der Waals surface area contributed by atoms with Gasteiger partial charge in [-0.25, -0.2) is 9.97 Å². The van der Waals surface area contributed by atoms with Gasteiger partial charge in [0.25, 0.3) is 5.91 Å². The minimum Gasteiger partial charge on any atom is -0.494 e. The number of aromatic nitrogens is 2. The number of ether oxygens (including phenoxy) is 1. The number of carbonyl (C=O) groups is 1. The van der Waals surface area contributed by atoms with Gasteiger partial charge in [-0.3, -0.25) is 10.1 Å². The molecule has 0 radical (unpaired) electrons. The van der Waals surface area contributed by atoms with E-state index in [2.05, 4.69) is 29.4 Å². The van der Waals surface area contributed by atoms with Gasteiger partial charge >= 0.3 is 0 Å². The quantitative estimate of drug-likeness (QED) is 0.281. The van der Waals surface area contributed by atoms with Crippen LogP contribution in [0, 0.1) is 6.92 Å². The van der Waals surface area contributed by atoms with E-state index < -0.39 is 0 Å². The molecule has 0 bridgehead atoms. The molecule has 8 heteroatoms. The van der Waals surface area contributed by atoms with Crippen molar-refractivity contribution in [3.8, 4) is 28.3 Å². The Morgan fingerprint density at radius 2 is 1.68 bits per heavy atom. The van der Waals surface area contributed by atoms with Crippen molar-refractivity contribution in [2.45, 2.75) is 13.8 Å². The molecule has 3 heterocycles. The maximum absolute atomic E-state index is 13.0. The highest BCUT2D eigenvalue weighted by Crippen LogP contribution is 2.35. The number of amides is 1. The Balaban J connectivity index is 1.36. The zero-order chi connectivity index (χ0) is 23.7. The van der Waals surface area contributed by atoms with E-state index in [0.29, 0.717) is 22.3 Å². The molecule has 0 saturated carbocycles. The fourth-order valence-electron chi connectivity index (χ4n) is 3.56. The third kappa shape index (κ3) is 4.37. The van der Waals surface area contributed by atoms with Crippen LogP contribution in [0.4, 0.5) is 10.8 Å². The van der Waals surface area contributed by atoms with Crippen molar-refractivity contribution in [1.82, 2.24) is 9.97 Å². The maximum atomic E-state index is 13.0. The number of carbonyl (C=O) groups excluding carboxylic acids is 1. The molecule has 0 aliphatic carbocycles. The molecule has 170 valence electrons. The van der Waals surface area contributed by atoms with E-state index in [1.54, 1.807) is 0 Å². The smallest absolute Gasteiger partial charge is 0.269 e. The lowest BCUT2D eigenvalue weighted by molar-refractivity contribution is 0.103. The molecule has 0 saturated heterocycles. The standard InChI is InChI=1S/C26H22N4O2S2/c1-3-32-18-10-8-17(9-11-18)21-14-33-26(29-21)30-24(31)23-22(27)19-12-13-20(28-25(19)34-23)16-6-4-15(2)5-7-16/h4-14H,3,27H2,1-2H3,(H,29,30,31). The number of thiophene rings is 1. The molecule has 0 unspecified atom stereocenters. The van der Waals surface area contributed by atoms with Crippen molar-refractivity contribution in [3.63, 3.8) is 0 Å². The average molecular weight is 487 g/mol. The van der Waals surface area contributed by atoms with Crippen LogP contribution in [0.15, 0.2) is 66.0 Å². The summed E-state index contributed by atoms with van der Waals surface area (Å²) in [7, 11) is 0. The Kier molecular flexibility index (Phi) is 6.00. The fourth-order valence-corrected chi connectivity index (χ4v) is 5.26. The number of fused-ring (bicyclic) bond motifs is 1. The molecule has 6 nitrogen and oxygen atoms in total. The molecule has 0 atom stereocenters. The number of pyridine rings is 1. The van der Waals surface area contributed by atoms with Gasteiger partial charge in [0.1, 0.15) is 15.5 Å². The molecule has 2 aromatic carbocycles. The van der Waals surface area contributed by atoms with Gasteiger partial charge in [0.05, 0.1) is 23.7 Å². The number of aryl methyl sites for hydroxylation is 1. The van der Waals surface area contributed by atoms with E-state index in [0.717, 1.165) is 38.5 Å². The lowest BCUT2D eigenvalue weighted by atomic mass is 10.1. The molecule has 5 rings (SSSR count). The van der Waals surface area contributed by atoms with E-state index in [4.69, 9.17) is 15.5 Å². The highest BCUT2D eigenvalue weighted by molar-refractivity contribution is 7.21. The van der Waals surface area contributed by atoms with Crippen molar-refractivity contribution in [1.29, 1.82) is 0 Å². The summed E-state index contributed by atoms with van der Waals surface area (Å²) >= 11 is 2.66. The topological polar surface area (TPSA) is 90.1 Å². The third-order valence-corrected chi connectivity index (χ3v) is 7.20. The van der Waals surface area contributed by atoms with Crippen molar-refractivity contribution >= 4 is 49.6 Å². The molecule has 1 amide bonds. The van der Waals surface area contributed by atoms with Gasteiger partial charge in [0.15, 0.2) is 5.13 Å². The average Bonchev–Trinajstić information content (AvgIpc) is 3.44. The molecule has 0 aliphatic rings. The summed E-state index contributed by atoms with van der Waals surface area (Å²) in [4.78, 5) is 23.5. The molecular weight excluding hydrogens is 464 g/mol. The van der Waals surface area contributed by atoms with Crippen LogP contribution in [-0.4, -0.2) is 22.5 Å². The van der Waals surface area contributed by atoms with Crippen molar-refractivity contribution in [2.75, 3.05) is 17.7 Å². The first kappa shape index (κ1) is 22.1. The van der Waals surface area contributed by atoms with Gasteiger partial charge in [0, 0.05) is 21.9 Å². The van der Waals surface area contributed by atoms with Gasteiger partial charge in [-0.2, -0.15) is 0 Å². The summed E-state index contributed by atoms with van der Waals surface area (Å²) in [5.74, 6) is 0.527. The lowest BCUT2D eigenvalue weighted by Crippen LogP contribution is -2.11. The molecular formula is C26H22N4O2S2. The van der Waals surface area contributed by atoms with Gasteiger partial charge in [-0.15, -0.1) is 22.7 Å². The zero-order valence-electron chi connectivity index (χ0n) is 18.7. The lowest BCUT2D eigenvalue weighted by Gasteiger charge is -2.03. The Labute approximate surface area is 205 Å². The first-order valence-electron chi connectivity index (χ1n) is 10.8. The predicted molar refractivity (Wildman–Crippen MR) is 141 cm³/mol. The zero-order valence-corrected chi connectivity index (χ0v) is 20.3. The number of anilines is 2. The van der Waals surface area contributed by atoms with Crippen molar-refractivity contribution in [2.24, 2.45) is 0 Å². The minimum atomic E-state index is -0.287. The summed E-state index contributed by atoms with van der Waals surface area (Å²) in [6.45, 7) is 4.62. The Bertz CT molecular complexity index is 1470. The van der Waals surface area contributed by atoms with Crippen LogP contribution < -0.4 is 15.8 Å². The van der Waals surface area contributed by atoms with Crippen LogP contribution in [0.1, 0.15) is 22.2 Å². The Hall–Kier alpha value is -3.75. The van der Waals surface area contributed by atoms with Gasteiger partial charge < -0.3 is 10.5 Å². The highest BCUT2D eigenvalue weighted by Gasteiger charge is 2.19. The van der Waals surface area contributed by atoms with Crippen LogP contribution >= 0.6 is 22.7 Å². The molecule has 0 aliphatic heterocycles. The van der Waals surface area contributed by atoms with Gasteiger partial charge in [-0.05, 0) is 50.2 Å². The van der Waals surface area contributed by atoms with Crippen molar-refractivity contribution < 1.29 is 9.53 Å². The molecule has 5 aromatic rings. The van der Waals surface area contributed by atoms with Crippen LogP contribution in [0.25, 0.3) is 32.7 Å². The molecule has 3 aromatic heterocycles. The largest absolute Gasteiger partial charge is 0.494 e. The molecule has 34 heavy (non-hydrogen) atoms. The second-order valence-electron chi connectivity index (χ2n) is 7.71. The monoisotopic (exact) mass is 486 g/mol. The van der Waals surface area contributed by atoms with E-state index in [-0.39, 0.29) is 5.91 Å². The number of hydrogen-bond donors (Lipinski definition) is 2. The fraction of sp³-hybridized carbons (Fsp3) is 0.115. The second-order valence-corrected chi connectivity index (χ2v) is 9.57. The van der Waals surface area contributed by atoms with Gasteiger partial charge in [-0.1, -0.05) is 29.8 Å². The Morgan fingerprint density at radius 3 is 2.41 bits per heavy atom. The predicted octanol–water partition coefficient (Wildman–Crippen LogP) is 6.63. The number of hydrogen-bond acceptors (Lipinski definition) is 7. The number of nitrogen functional groups attached to an aromatic ring is 1. The summed E-state index contributed by atoms with van der Waals surface area (Å²) in [6.07, 6.45) is 0. The van der Waals surface area contributed by atoms with E-state index >= 15 is 0 Å². The van der Waals surface area contributed by atoms with E-state index in [1.807, 2.05) is 60.8 Å². The number of nitrogens with zero attached hydrogens (tertiary/aromatic N) is 2. The third-order valence-electron chi connectivity index (χ3n) is 5.33. The van der Waals surface area contributed by atoms with Crippen LogP contribution in [0.2, 0.25) is 0 Å². The van der Waals surface area contributed by atoms with Crippen LogP contribution in [0.5, 0.6) is 5.75 Å². The first-order valence-corrected chi connectivity index (χ1v) is 12.5. The molecule has 3 N–H and O–H groups in total. The number of nitrogens with one attached hydrogen (secondary N) is 1. The first-order chi connectivity index (χ1) is 16.5. The number of thiazole rings is 1. The second kappa shape index (κ2) is 9.24. The van der Waals surface area contributed by atoms with Crippen molar-refractivity contribution in [3.05, 3.63) is 76.5 Å². The number of nitrogens with two attached hydrogens (primary N) is 1. The Morgan fingerprint density at radius 1 is 0.971 bits per heavy atom. The molecule has 0 fully saturated rings. The number of rotatable bonds is 6. The number of benzene rings is 2. The summed E-state index contributed by atoms with van der Waals surface area (Å²) in [6, 6.07) is 19.8. The van der Waals surface area contributed by atoms with Crippen LogP contribution in [0.3, 0.4) is 0 Å². The SMILES string of the molecule is CCOc1ccc(-c2csc(NC(=O)c3sc4nc(-c5ccc(C)cc5)ccc4c3N)n2)cc1. The van der Waals surface area contributed by atoms with Crippen LogP contribution in [-0.2, 0) is 0 Å². The van der Waals surface area contributed by atoms with Gasteiger partial charge in [0.2, 0.25) is 0 Å². The molecule has 0 spiro atoms. The summed E-state index contributed by atoms with van der Waals surface area (Å²) in [5, 5.41) is 6.08. The minimum absolute atomic E-state index is 0.287. The highest BCUT2D eigenvalue weighted by atomic mass is 32.1. The summed E-state index contributed by atoms with van der Waals surface area (Å²) in [5.41, 5.74) is 11.6. The van der Waals surface area contributed by atoms with E-state index in [1.165, 1.54) is 28.2 Å². The normalized spacial score (nSPS) is 11.0. The van der Waals surface area contributed by atoms with E-state index in [9.17, 15) is 4.79 Å². The summed E-state index contributed by atoms with van der Waals surface area (Å²) < 4.78 is 5.49. The maximum Gasteiger partial charge on any atom is 0.269 e.